The average molecular weight is 539 g/mol. The lowest BCUT2D eigenvalue weighted by atomic mass is 10.1. The minimum Gasteiger partial charge on any atom is -0.369 e. The van der Waals surface area contributed by atoms with Crippen LogP contribution in [0, 0.1) is 0 Å². The molecule has 0 bridgehead atoms. The third-order valence-electron chi connectivity index (χ3n) is 4.89. The summed E-state index contributed by atoms with van der Waals surface area (Å²) in [7, 11) is 1.79. The van der Waals surface area contributed by atoms with Crippen LogP contribution in [0.2, 0.25) is 0 Å². The molecular weight excluding hydrogens is 509 g/mol. The number of hydrogen-bond acceptors (Lipinski definition) is 4. The summed E-state index contributed by atoms with van der Waals surface area (Å²) in [5, 5.41) is 6.88. The maximum atomic E-state index is 11.0. The number of primary amides is 1. The molecule has 1 aliphatic heterocycles. The molecule has 1 amide bonds. The molecule has 6 nitrogen and oxygen atoms in total. The van der Waals surface area contributed by atoms with Crippen LogP contribution in [0.25, 0.3) is 0 Å². The van der Waals surface area contributed by atoms with Gasteiger partial charge in [-0.1, -0.05) is 42.1 Å². The van der Waals surface area contributed by atoms with Crippen LogP contribution in [0.3, 0.4) is 0 Å². The first kappa shape index (κ1) is 24.5. The lowest BCUT2D eigenvalue weighted by Crippen LogP contribution is -2.49. The second-order valence-electron chi connectivity index (χ2n) is 7.15. The number of piperidine rings is 1. The third kappa shape index (κ3) is 8.16. The van der Waals surface area contributed by atoms with E-state index in [0.717, 1.165) is 38.4 Å². The van der Waals surface area contributed by atoms with E-state index >= 15 is 0 Å². The van der Waals surface area contributed by atoms with Gasteiger partial charge in [0.15, 0.2) is 5.96 Å². The van der Waals surface area contributed by atoms with Gasteiger partial charge in [0.25, 0.3) is 0 Å². The molecule has 2 aromatic carbocycles. The second-order valence-corrected chi connectivity index (χ2v) is 8.29. The van der Waals surface area contributed by atoms with Crippen LogP contribution in [0.5, 0.6) is 0 Å². The zero-order chi connectivity index (χ0) is 20.5. The van der Waals surface area contributed by atoms with Gasteiger partial charge >= 0.3 is 0 Å². The van der Waals surface area contributed by atoms with Gasteiger partial charge in [-0.2, -0.15) is 0 Å². The molecule has 0 aliphatic carbocycles. The highest BCUT2D eigenvalue weighted by atomic mass is 127. The van der Waals surface area contributed by atoms with Gasteiger partial charge in [-0.3, -0.25) is 14.7 Å². The number of aliphatic imine (C=N–C) groups is 1. The van der Waals surface area contributed by atoms with Crippen molar-refractivity contribution in [2.75, 3.05) is 26.7 Å². The van der Waals surface area contributed by atoms with Crippen LogP contribution in [-0.2, 0) is 11.3 Å². The Hall–Kier alpha value is -1.78. The van der Waals surface area contributed by atoms with Crippen molar-refractivity contribution in [1.82, 2.24) is 15.5 Å². The number of amides is 1. The van der Waals surface area contributed by atoms with Crippen molar-refractivity contribution in [3.63, 3.8) is 0 Å². The molecule has 162 valence electrons. The monoisotopic (exact) mass is 539 g/mol. The molecule has 0 saturated carbocycles. The number of benzene rings is 2. The lowest BCUT2D eigenvalue weighted by molar-refractivity contribution is -0.119. The Morgan fingerprint density at radius 2 is 1.73 bits per heavy atom. The Morgan fingerprint density at radius 3 is 2.33 bits per heavy atom. The maximum Gasteiger partial charge on any atom is 0.231 e. The summed E-state index contributed by atoms with van der Waals surface area (Å²) >= 11 is 1.76. The number of guanidine groups is 1. The van der Waals surface area contributed by atoms with E-state index in [1.807, 2.05) is 6.07 Å². The second kappa shape index (κ2) is 12.8. The third-order valence-corrected chi connectivity index (χ3v) is 5.91. The minimum absolute atomic E-state index is 0. The van der Waals surface area contributed by atoms with E-state index in [2.05, 4.69) is 69.1 Å². The maximum absolute atomic E-state index is 11.0. The van der Waals surface area contributed by atoms with Crippen LogP contribution in [0.15, 0.2) is 69.4 Å². The summed E-state index contributed by atoms with van der Waals surface area (Å²) in [4.78, 5) is 20.0. The van der Waals surface area contributed by atoms with Gasteiger partial charge in [0.05, 0.1) is 6.54 Å². The van der Waals surface area contributed by atoms with Gasteiger partial charge in [-0.05, 0) is 42.7 Å². The highest BCUT2D eigenvalue weighted by molar-refractivity contribution is 14.0. The van der Waals surface area contributed by atoms with Crippen molar-refractivity contribution in [3.8, 4) is 0 Å². The minimum atomic E-state index is -0.262. The Bertz CT molecular complexity index is 808. The largest absolute Gasteiger partial charge is 0.369 e. The first-order valence-electron chi connectivity index (χ1n) is 9.92. The molecule has 4 N–H and O–H groups in total. The van der Waals surface area contributed by atoms with Crippen LogP contribution in [0.1, 0.15) is 18.4 Å². The summed E-state index contributed by atoms with van der Waals surface area (Å²) in [6.45, 7) is 2.81. The fraction of sp³-hybridized carbons (Fsp3) is 0.364. The van der Waals surface area contributed by atoms with Crippen LogP contribution in [0.4, 0.5) is 0 Å². The number of nitrogens with two attached hydrogens (primary N) is 1. The Morgan fingerprint density at radius 1 is 1.10 bits per heavy atom. The fourth-order valence-corrected chi connectivity index (χ4v) is 4.17. The molecule has 1 fully saturated rings. The quantitative estimate of drug-likeness (QED) is 0.286. The average Bonchev–Trinajstić information content (AvgIpc) is 2.74. The molecule has 30 heavy (non-hydrogen) atoms. The molecule has 1 aliphatic rings. The van der Waals surface area contributed by atoms with Crippen LogP contribution < -0.4 is 16.4 Å². The summed E-state index contributed by atoms with van der Waals surface area (Å²) in [5.41, 5.74) is 6.49. The molecule has 2 aromatic rings. The van der Waals surface area contributed by atoms with E-state index in [-0.39, 0.29) is 29.9 Å². The van der Waals surface area contributed by atoms with E-state index in [9.17, 15) is 4.79 Å². The summed E-state index contributed by atoms with van der Waals surface area (Å²) in [5.74, 6) is 0.545. The molecule has 0 unspecified atom stereocenters. The number of likely N-dealkylation sites (tertiary alicyclic amines) is 1. The molecule has 1 heterocycles. The fourth-order valence-electron chi connectivity index (χ4n) is 3.33. The first-order valence-corrected chi connectivity index (χ1v) is 10.7. The summed E-state index contributed by atoms with van der Waals surface area (Å²) in [6.07, 6.45) is 1.94. The van der Waals surface area contributed by atoms with Gasteiger partial charge in [-0.25, -0.2) is 0 Å². The predicted octanol–water partition coefficient (Wildman–Crippen LogP) is 3.07. The molecular formula is C22H30IN5OS. The number of nitrogens with zero attached hydrogens (tertiary/aromatic N) is 2. The predicted molar refractivity (Wildman–Crippen MR) is 134 cm³/mol. The number of rotatable bonds is 7. The Labute approximate surface area is 200 Å². The first-order chi connectivity index (χ1) is 14.1. The molecule has 0 aromatic heterocycles. The number of hydrogen-bond donors (Lipinski definition) is 3. The molecule has 0 atom stereocenters. The van der Waals surface area contributed by atoms with Gasteiger partial charge in [0.2, 0.25) is 5.91 Å². The normalized spacial score (nSPS) is 15.3. The van der Waals surface area contributed by atoms with E-state index < -0.39 is 0 Å². The van der Waals surface area contributed by atoms with E-state index in [0.29, 0.717) is 12.6 Å². The van der Waals surface area contributed by atoms with Gasteiger partial charge in [-0.15, -0.1) is 24.0 Å². The van der Waals surface area contributed by atoms with Gasteiger partial charge in [0, 0.05) is 42.5 Å². The van der Waals surface area contributed by atoms with E-state index in [4.69, 9.17) is 5.73 Å². The van der Waals surface area contributed by atoms with Crippen molar-refractivity contribution in [1.29, 1.82) is 0 Å². The molecule has 8 heteroatoms. The smallest absolute Gasteiger partial charge is 0.231 e. The van der Waals surface area contributed by atoms with E-state index in [1.165, 1.54) is 15.4 Å². The van der Waals surface area contributed by atoms with Crippen molar-refractivity contribution in [2.45, 2.75) is 35.2 Å². The van der Waals surface area contributed by atoms with Crippen LogP contribution in [-0.4, -0.2) is 49.5 Å². The summed E-state index contributed by atoms with van der Waals surface area (Å²) in [6, 6.07) is 19.3. The number of halogens is 1. The Kier molecular flexibility index (Phi) is 10.5. The zero-order valence-electron chi connectivity index (χ0n) is 17.2. The highest BCUT2D eigenvalue weighted by Crippen LogP contribution is 2.27. The van der Waals surface area contributed by atoms with E-state index in [1.54, 1.807) is 18.8 Å². The molecule has 0 radical (unpaired) electrons. The molecule has 0 spiro atoms. The van der Waals surface area contributed by atoms with Crippen LogP contribution >= 0.6 is 35.7 Å². The van der Waals surface area contributed by atoms with Crippen molar-refractivity contribution in [2.24, 2.45) is 10.7 Å². The number of nitrogens with one attached hydrogen (secondary N) is 2. The lowest BCUT2D eigenvalue weighted by Gasteiger charge is -2.32. The SMILES string of the molecule is CN=C(NCc1ccc(Sc2ccccc2)cc1)NC1CCN(CC(N)=O)CC1.I. The van der Waals surface area contributed by atoms with Crippen molar-refractivity contribution in [3.05, 3.63) is 60.2 Å². The highest BCUT2D eigenvalue weighted by Gasteiger charge is 2.20. The molecule has 1 saturated heterocycles. The van der Waals surface area contributed by atoms with Gasteiger partial charge < -0.3 is 16.4 Å². The number of carbonyl (C=O) groups excluding carboxylic acids is 1. The molecule has 3 rings (SSSR count). The van der Waals surface area contributed by atoms with Crippen molar-refractivity contribution < 1.29 is 4.79 Å². The summed E-state index contributed by atoms with van der Waals surface area (Å²) < 4.78 is 0. The number of carbonyl (C=O) groups is 1. The van der Waals surface area contributed by atoms with Gasteiger partial charge in [0.1, 0.15) is 0 Å². The van der Waals surface area contributed by atoms with Crippen molar-refractivity contribution >= 4 is 47.6 Å². The zero-order valence-corrected chi connectivity index (χ0v) is 20.4. The standard InChI is InChI=1S/C22H29N5OS.HI/c1-24-22(26-18-11-13-27(14-12-18)16-21(23)28)25-15-17-7-9-20(10-8-17)29-19-5-3-2-4-6-19;/h2-10,18H,11-16H2,1H3,(H2,23,28)(H2,24,25,26);1H. The topological polar surface area (TPSA) is 82.8 Å². The Balaban J connectivity index is 0.00000320.